The molecule has 1 N–H and O–H groups in total. The van der Waals surface area contributed by atoms with E-state index in [0.717, 1.165) is 42.9 Å². The number of H-pyrrole nitrogens is 1. The molecule has 0 bridgehead atoms. The number of aryl methyl sites for hydroxylation is 2. The first-order valence-corrected chi connectivity index (χ1v) is 7.92. The number of hydrogen-bond acceptors (Lipinski definition) is 2. The van der Waals surface area contributed by atoms with Crippen LogP contribution in [-0.2, 0) is 0 Å². The summed E-state index contributed by atoms with van der Waals surface area (Å²) in [5.74, 6) is 0.140. The molecule has 0 aliphatic rings. The summed E-state index contributed by atoms with van der Waals surface area (Å²) in [7, 11) is 0. The molecule has 1 amide bonds. The number of carbonyl (C=O) groups is 1. The van der Waals surface area contributed by atoms with Crippen molar-refractivity contribution in [3.05, 3.63) is 17.0 Å². The van der Waals surface area contributed by atoms with Gasteiger partial charge in [-0.05, 0) is 26.7 Å². The van der Waals surface area contributed by atoms with E-state index in [-0.39, 0.29) is 5.91 Å². The highest BCUT2D eigenvalue weighted by Crippen LogP contribution is 2.14. The monoisotopic (exact) mass is 279 g/mol. The van der Waals surface area contributed by atoms with Crippen LogP contribution in [0.25, 0.3) is 0 Å². The fourth-order valence-corrected chi connectivity index (χ4v) is 2.44. The van der Waals surface area contributed by atoms with Gasteiger partial charge in [0.25, 0.3) is 5.91 Å². The van der Waals surface area contributed by atoms with Gasteiger partial charge in [0.05, 0.1) is 11.3 Å². The number of aromatic amines is 1. The highest BCUT2D eigenvalue weighted by molar-refractivity contribution is 5.96. The van der Waals surface area contributed by atoms with E-state index in [0.29, 0.717) is 0 Å². The molecule has 114 valence electrons. The van der Waals surface area contributed by atoms with Crippen LogP contribution < -0.4 is 0 Å². The van der Waals surface area contributed by atoms with E-state index in [4.69, 9.17) is 0 Å². The van der Waals surface area contributed by atoms with E-state index >= 15 is 0 Å². The fraction of sp³-hybridized carbons (Fsp3) is 0.750. The Bertz CT molecular complexity index is 382. The number of aromatic nitrogens is 2. The molecule has 1 aromatic heterocycles. The van der Waals surface area contributed by atoms with Crippen molar-refractivity contribution >= 4 is 5.91 Å². The second-order valence-electron chi connectivity index (χ2n) is 5.52. The van der Waals surface area contributed by atoms with Gasteiger partial charge in [-0.25, -0.2) is 0 Å². The Labute approximate surface area is 122 Å². The summed E-state index contributed by atoms with van der Waals surface area (Å²) in [5, 5.41) is 7.05. The minimum atomic E-state index is 0.140. The van der Waals surface area contributed by atoms with Crippen LogP contribution in [0.2, 0.25) is 0 Å². The van der Waals surface area contributed by atoms with Crippen LogP contribution in [0.5, 0.6) is 0 Å². The van der Waals surface area contributed by atoms with Gasteiger partial charge < -0.3 is 4.90 Å². The minimum absolute atomic E-state index is 0.140. The molecule has 0 spiro atoms. The summed E-state index contributed by atoms with van der Waals surface area (Å²) >= 11 is 0. The van der Waals surface area contributed by atoms with E-state index in [2.05, 4.69) is 24.0 Å². The normalized spacial score (nSPS) is 10.8. The van der Waals surface area contributed by atoms with Crippen LogP contribution in [-0.4, -0.2) is 34.1 Å². The van der Waals surface area contributed by atoms with Crippen molar-refractivity contribution in [3.63, 3.8) is 0 Å². The second-order valence-corrected chi connectivity index (χ2v) is 5.52. The van der Waals surface area contributed by atoms with Crippen molar-refractivity contribution in [2.24, 2.45) is 0 Å². The minimum Gasteiger partial charge on any atom is -0.339 e. The van der Waals surface area contributed by atoms with Gasteiger partial charge in [-0.1, -0.05) is 39.5 Å². The largest absolute Gasteiger partial charge is 0.339 e. The third-order valence-electron chi connectivity index (χ3n) is 3.69. The summed E-state index contributed by atoms with van der Waals surface area (Å²) in [6.07, 6.45) is 6.90. The van der Waals surface area contributed by atoms with Crippen LogP contribution in [0, 0.1) is 13.8 Å². The summed E-state index contributed by atoms with van der Waals surface area (Å²) in [6, 6.07) is 0. The summed E-state index contributed by atoms with van der Waals surface area (Å²) in [6.45, 7) is 9.92. The van der Waals surface area contributed by atoms with Gasteiger partial charge >= 0.3 is 0 Å². The summed E-state index contributed by atoms with van der Waals surface area (Å²) in [4.78, 5) is 14.7. The average Bonchev–Trinajstić information content (AvgIpc) is 2.76. The van der Waals surface area contributed by atoms with E-state index in [1.54, 1.807) is 0 Å². The van der Waals surface area contributed by atoms with Crippen LogP contribution in [0.15, 0.2) is 0 Å². The molecule has 4 heteroatoms. The number of rotatable bonds is 9. The van der Waals surface area contributed by atoms with Crippen LogP contribution in [0.1, 0.15) is 74.1 Å². The Balaban J connectivity index is 2.72. The Kier molecular flexibility index (Phi) is 7.34. The molecule has 1 aromatic rings. The van der Waals surface area contributed by atoms with E-state index in [1.165, 1.54) is 25.7 Å². The van der Waals surface area contributed by atoms with Gasteiger partial charge in [0.15, 0.2) is 0 Å². The van der Waals surface area contributed by atoms with Crippen LogP contribution in [0.4, 0.5) is 0 Å². The van der Waals surface area contributed by atoms with Gasteiger partial charge in [0, 0.05) is 18.8 Å². The van der Waals surface area contributed by atoms with Gasteiger partial charge in [-0.15, -0.1) is 0 Å². The smallest absolute Gasteiger partial charge is 0.257 e. The average molecular weight is 279 g/mol. The lowest BCUT2D eigenvalue weighted by atomic mass is 10.1. The zero-order valence-electron chi connectivity index (χ0n) is 13.5. The van der Waals surface area contributed by atoms with E-state index < -0.39 is 0 Å². The lowest BCUT2D eigenvalue weighted by Crippen LogP contribution is -2.33. The molecule has 1 heterocycles. The Morgan fingerprint density at radius 2 is 1.60 bits per heavy atom. The number of amides is 1. The highest BCUT2D eigenvalue weighted by atomic mass is 16.2. The molecule has 4 nitrogen and oxygen atoms in total. The number of unbranched alkanes of at least 4 members (excludes halogenated alkanes) is 4. The first-order chi connectivity index (χ1) is 9.61. The topological polar surface area (TPSA) is 49.0 Å². The quantitative estimate of drug-likeness (QED) is 0.698. The number of nitrogens with one attached hydrogen (secondary N) is 1. The Morgan fingerprint density at radius 1 is 1.05 bits per heavy atom. The summed E-state index contributed by atoms with van der Waals surface area (Å²) in [5.41, 5.74) is 2.45. The van der Waals surface area contributed by atoms with Gasteiger partial charge in [-0.3, -0.25) is 9.89 Å². The van der Waals surface area contributed by atoms with E-state index in [9.17, 15) is 4.79 Å². The molecule has 0 aliphatic carbocycles. The molecule has 0 saturated heterocycles. The van der Waals surface area contributed by atoms with Crippen LogP contribution in [0.3, 0.4) is 0 Å². The lowest BCUT2D eigenvalue weighted by Gasteiger charge is -2.23. The molecule has 1 rings (SSSR count). The Morgan fingerprint density at radius 3 is 2.00 bits per heavy atom. The molecule has 0 fully saturated rings. The molecule has 0 atom stereocenters. The van der Waals surface area contributed by atoms with Crippen molar-refractivity contribution in [2.75, 3.05) is 13.1 Å². The van der Waals surface area contributed by atoms with Crippen molar-refractivity contribution in [2.45, 2.75) is 66.2 Å². The van der Waals surface area contributed by atoms with Crippen molar-refractivity contribution in [1.29, 1.82) is 0 Å². The first kappa shape index (κ1) is 16.7. The lowest BCUT2D eigenvalue weighted by molar-refractivity contribution is 0.0748. The molecular formula is C16H29N3O. The fourth-order valence-electron chi connectivity index (χ4n) is 2.44. The number of hydrogen-bond donors (Lipinski definition) is 1. The third-order valence-corrected chi connectivity index (χ3v) is 3.69. The molecule has 0 saturated carbocycles. The molecule has 0 aliphatic heterocycles. The van der Waals surface area contributed by atoms with Gasteiger partial charge in [0.2, 0.25) is 0 Å². The number of carbonyl (C=O) groups excluding carboxylic acids is 1. The highest BCUT2D eigenvalue weighted by Gasteiger charge is 2.21. The maximum absolute atomic E-state index is 12.7. The maximum Gasteiger partial charge on any atom is 0.257 e. The molecular weight excluding hydrogens is 250 g/mol. The summed E-state index contributed by atoms with van der Waals surface area (Å²) < 4.78 is 0. The first-order valence-electron chi connectivity index (χ1n) is 7.92. The SMILES string of the molecule is CCCCCN(CCCCC)C(=O)c1c(C)n[nH]c1C. The second kappa shape index (κ2) is 8.77. The van der Waals surface area contributed by atoms with E-state index in [1.807, 2.05) is 18.7 Å². The van der Waals surface area contributed by atoms with Gasteiger partial charge in [-0.2, -0.15) is 5.10 Å². The van der Waals surface area contributed by atoms with Gasteiger partial charge in [0.1, 0.15) is 0 Å². The number of nitrogens with zero attached hydrogens (tertiary/aromatic N) is 2. The Hall–Kier alpha value is -1.32. The van der Waals surface area contributed by atoms with Crippen molar-refractivity contribution in [1.82, 2.24) is 15.1 Å². The predicted octanol–water partition coefficient (Wildman–Crippen LogP) is 3.85. The van der Waals surface area contributed by atoms with Crippen molar-refractivity contribution < 1.29 is 4.79 Å². The van der Waals surface area contributed by atoms with Crippen LogP contribution >= 0.6 is 0 Å². The molecule has 0 radical (unpaired) electrons. The molecule has 0 unspecified atom stereocenters. The standard InChI is InChI=1S/C16H29N3O/c1-5-7-9-11-19(12-10-8-6-2)16(20)15-13(3)17-18-14(15)4/h5-12H2,1-4H3,(H,17,18). The zero-order chi connectivity index (χ0) is 15.0. The molecule has 0 aromatic carbocycles. The third kappa shape index (κ3) is 4.66. The zero-order valence-corrected chi connectivity index (χ0v) is 13.5. The molecule has 20 heavy (non-hydrogen) atoms. The maximum atomic E-state index is 12.7. The van der Waals surface area contributed by atoms with Crippen molar-refractivity contribution in [3.8, 4) is 0 Å². The predicted molar refractivity (Wildman–Crippen MR) is 83.0 cm³/mol.